The average molecular weight is 621 g/mol. The number of anilines is 1. The van der Waals surface area contributed by atoms with Crippen molar-refractivity contribution in [2.75, 3.05) is 36.4 Å². The monoisotopic (exact) mass is 619 g/mol. The fraction of sp³-hybridized carbons (Fsp3) is 0.656. The molecule has 8 nitrogen and oxygen atoms in total. The van der Waals surface area contributed by atoms with Gasteiger partial charge in [-0.15, -0.1) is 23.2 Å². The summed E-state index contributed by atoms with van der Waals surface area (Å²) in [6.45, 7) is 6.06. The molecule has 1 saturated heterocycles. The number of halogens is 2. The zero-order valence-electron chi connectivity index (χ0n) is 24.6. The molecule has 10 heteroatoms. The van der Waals surface area contributed by atoms with Crippen molar-refractivity contribution in [2.24, 2.45) is 17.3 Å². The SMILES string of the molecule is C[C@]12CC[C@H](OC(=O)CCOc3ccc(N(CCCl)CCCl)cc3)CC1=CC(=O)N[C@H]1[C@H]3CCC(=O)N[C@@]3(C)CC[C@@H]12. The van der Waals surface area contributed by atoms with Gasteiger partial charge in [0.1, 0.15) is 11.9 Å². The van der Waals surface area contributed by atoms with Crippen LogP contribution in [0.4, 0.5) is 5.69 Å². The van der Waals surface area contributed by atoms with Crippen molar-refractivity contribution >= 4 is 46.7 Å². The number of nitrogens with zero attached hydrogens (tertiary/aromatic N) is 1. The van der Waals surface area contributed by atoms with Crippen molar-refractivity contribution in [3.05, 3.63) is 35.9 Å². The number of amides is 2. The van der Waals surface area contributed by atoms with E-state index in [1.165, 1.54) is 0 Å². The number of esters is 1. The predicted molar refractivity (Wildman–Crippen MR) is 164 cm³/mol. The minimum Gasteiger partial charge on any atom is -0.493 e. The molecule has 0 spiro atoms. The first-order valence-electron chi connectivity index (χ1n) is 15.3. The Hall–Kier alpha value is -2.45. The lowest BCUT2D eigenvalue weighted by molar-refractivity contribution is -0.151. The standard InChI is InChI=1S/C32H43Cl2N3O5/c1-31-12-9-24(42-29(40)11-18-41-23-5-3-22(4-6-23)37(16-14-33)17-15-34)19-21(31)20-28(39)35-30-25(31)10-13-32(2)26(30)7-8-27(38)36-32/h3-6,20,24-26,30H,7-19H2,1-2H3,(H,35,39)(H,36,38)/t24-,25-,26+,30+,31-,32-/m0/s1. The normalized spacial score (nSPS) is 32.1. The number of nitrogens with one attached hydrogen (secondary N) is 2. The molecule has 6 atom stereocenters. The molecule has 2 saturated carbocycles. The highest BCUT2D eigenvalue weighted by Gasteiger charge is 2.56. The molecule has 2 aliphatic carbocycles. The van der Waals surface area contributed by atoms with E-state index in [0.29, 0.717) is 43.4 Å². The van der Waals surface area contributed by atoms with E-state index in [1.54, 1.807) is 6.08 Å². The number of rotatable bonds is 10. The Kier molecular flexibility index (Phi) is 9.63. The molecule has 1 aromatic carbocycles. The summed E-state index contributed by atoms with van der Waals surface area (Å²) in [6.07, 6.45) is 6.99. The molecule has 2 heterocycles. The number of benzene rings is 1. The van der Waals surface area contributed by atoms with Crippen molar-refractivity contribution in [1.82, 2.24) is 10.6 Å². The molecule has 2 amide bonds. The second kappa shape index (κ2) is 13.0. The van der Waals surface area contributed by atoms with Crippen LogP contribution in [-0.2, 0) is 19.1 Å². The molecular formula is C32H43Cl2N3O5. The van der Waals surface area contributed by atoms with Crippen molar-refractivity contribution in [3.8, 4) is 5.75 Å². The van der Waals surface area contributed by atoms with E-state index in [2.05, 4.69) is 29.4 Å². The first kappa shape index (κ1) is 31.0. The molecule has 0 unspecified atom stereocenters. The summed E-state index contributed by atoms with van der Waals surface area (Å²) in [5.41, 5.74) is 1.67. The maximum atomic E-state index is 13.1. The van der Waals surface area contributed by atoms with Gasteiger partial charge in [0.15, 0.2) is 0 Å². The zero-order chi connectivity index (χ0) is 29.9. The van der Waals surface area contributed by atoms with Gasteiger partial charge in [0.05, 0.1) is 13.0 Å². The van der Waals surface area contributed by atoms with Crippen molar-refractivity contribution in [2.45, 2.75) is 82.9 Å². The van der Waals surface area contributed by atoms with Crippen LogP contribution < -0.4 is 20.3 Å². The number of piperidine rings is 1. The molecule has 5 rings (SSSR count). The van der Waals surface area contributed by atoms with Gasteiger partial charge in [0, 0.05) is 67.0 Å². The van der Waals surface area contributed by atoms with E-state index in [9.17, 15) is 14.4 Å². The van der Waals surface area contributed by atoms with E-state index < -0.39 is 0 Å². The first-order chi connectivity index (χ1) is 20.1. The number of alkyl halides is 2. The highest BCUT2D eigenvalue weighted by Crippen LogP contribution is 2.56. The summed E-state index contributed by atoms with van der Waals surface area (Å²) in [5.74, 6) is 1.95. The van der Waals surface area contributed by atoms with Crippen LogP contribution in [0.15, 0.2) is 35.9 Å². The van der Waals surface area contributed by atoms with Gasteiger partial charge in [-0.3, -0.25) is 14.4 Å². The number of carbonyl (C=O) groups is 3. The lowest BCUT2D eigenvalue weighted by Gasteiger charge is -2.56. The predicted octanol–water partition coefficient (Wildman–Crippen LogP) is 4.96. The number of ether oxygens (including phenoxy) is 2. The van der Waals surface area contributed by atoms with Crippen LogP contribution >= 0.6 is 23.2 Å². The van der Waals surface area contributed by atoms with Crippen LogP contribution in [-0.4, -0.2) is 66.9 Å². The number of carbonyl (C=O) groups excluding carboxylic acids is 3. The third-order valence-corrected chi connectivity index (χ3v) is 10.5. The minimum atomic E-state index is -0.293. The van der Waals surface area contributed by atoms with E-state index in [4.69, 9.17) is 32.7 Å². The van der Waals surface area contributed by atoms with Gasteiger partial charge in [0.25, 0.3) is 0 Å². The molecule has 2 N–H and O–H groups in total. The van der Waals surface area contributed by atoms with Crippen molar-refractivity contribution in [3.63, 3.8) is 0 Å². The Morgan fingerprint density at radius 3 is 2.48 bits per heavy atom. The van der Waals surface area contributed by atoms with Crippen LogP contribution in [0, 0.1) is 17.3 Å². The summed E-state index contributed by atoms with van der Waals surface area (Å²) in [7, 11) is 0. The van der Waals surface area contributed by atoms with Crippen molar-refractivity contribution < 1.29 is 23.9 Å². The first-order valence-corrected chi connectivity index (χ1v) is 16.3. The number of fused-ring (bicyclic) bond motifs is 5. The van der Waals surface area contributed by atoms with Gasteiger partial charge in [-0.05, 0) is 74.6 Å². The molecule has 0 aromatic heterocycles. The molecule has 230 valence electrons. The van der Waals surface area contributed by atoms with E-state index >= 15 is 0 Å². The smallest absolute Gasteiger partial charge is 0.309 e. The lowest BCUT2D eigenvalue weighted by atomic mass is 9.53. The van der Waals surface area contributed by atoms with E-state index in [1.807, 2.05) is 24.3 Å². The molecular weight excluding hydrogens is 577 g/mol. The highest BCUT2D eigenvalue weighted by molar-refractivity contribution is 6.18. The van der Waals surface area contributed by atoms with Crippen LogP contribution in [0.1, 0.15) is 65.2 Å². The van der Waals surface area contributed by atoms with Crippen LogP contribution in [0.5, 0.6) is 5.75 Å². The van der Waals surface area contributed by atoms with Gasteiger partial charge in [-0.1, -0.05) is 12.5 Å². The molecule has 3 fully saturated rings. The number of hydrogen-bond donors (Lipinski definition) is 2. The van der Waals surface area contributed by atoms with Gasteiger partial charge in [0.2, 0.25) is 11.8 Å². The van der Waals surface area contributed by atoms with Crippen LogP contribution in [0.3, 0.4) is 0 Å². The summed E-state index contributed by atoms with van der Waals surface area (Å²) < 4.78 is 11.7. The molecule has 2 aliphatic heterocycles. The van der Waals surface area contributed by atoms with Crippen LogP contribution in [0.2, 0.25) is 0 Å². The Bertz CT molecular complexity index is 1190. The van der Waals surface area contributed by atoms with Gasteiger partial charge >= 0.3 is 5.97 Å². The molecule has 42 heavy (non-hydrogen) atoms. The second-order valence-electron chi connectivity index (χ2n) is 12.7. The topological polar surface area (TPSA) is 97.0 Å². The highest BCUT2D eigenvalue weighted by atomic mass is 35.5. The second-order valence-corrected chi connectivity index (χ2v) is 13.4. The Morgan fingerprint density at radius 1 is 1.02 bits per heavy atom. The van der Waals surface area contributed by atoms with Crippen molar-refractivity contribution in [1.29, 1.82) is 0 Å². The molecule has 0 bridgehead atoms. The fourth-order valence-corrected chi connectivity index (χ4v) is 8.28. The van der Waals surface area contributed by atoms with Gasteiger partial charge in [-0.2, -0.15) is 0 Å². The summed E-state index contributed by atoms with van der Waals surface area (Å²) in [6, 6.07) is 7.70. The van der Waals surface area contributed by atoms with Crippen LogP contribution in [0.25, 0.3) is 0 Å². The maximum Gasteiger partial charge on any atom is 0.309 e. The summed E-state index contributed by atoms with van der Waals surface area (Å²) in [4.78, 5) is 40.1. The average Bonchev–Trinajstić information content (AvgIpc) is 3.05. The lowest BCUT2D eigenvalue weighted by Crippen LogP contribution is -2.66. The molecule has 4 aliphatic rings. The Morgan fingerprint density at radius 2 is 1.76 bits per heavy atom. The van der Waals surface area contributed by atoms with E-state index in [0.717, 1.165) is 43.4 Å². The minimum absolute atomic E-state index is 0.0182. The largest absolute Gasteiger partial charge is 0.493 e. The summed E-state index contributed by atoms with van der Waals surface area (Å²) in [5, 5.41) is 6.55. The Balaban J connectivity index is 1.14. The maximum absolute atomic E-state index is 13.1. The van der Waals surface area contributed by atoms with Gasteiger partial charge < -0.3 is 25.0 Å². The summed E-state index contributed by atoms with van der Waals surface area (Å²) >= 11 is 11.8. The Labute approximate surface area is 258 Å². The third kappa shape index (κ3) is 6.54. The van der Waals surface area contributed by atoms with Gasteiger partial charge in [-0.25, -0.2) is 0 Å². The third-order valence-electron chi connectivity index (χ3n) is 10.2. The number of hydrogen-bond acceptors (Lipinski definition) is 6. The quantitative estimate of drug-likeness (QED) is 0.284. The van der Waals surface area contributed by atoms with E-state index in [-0.39, 0.29) is 65.7 Å². The molecule has 1 aromatic rings. The molecule has 0 radical (unpaired) electrons. The zero-order valence-corrected chi connectivity index (χ0v) is 26.1. The fourth-order valence-electron chi connectivity index (χ4n) is 7.87.